The lowest BCUT2D eigenvalue weighted by atomic mass is 10.1. The molecule has 156 valence electrons. The Kier molecular flexibility index (Phi) is 7.37. The summed E-state index contributed by atoms with van der Waals surface area (Å²) in [5, 5.41) is 2.92. The highest BCUT2D eigenvalue weighted by Gasteiger charge is 2.28. The van der Waals surface area contributed by atoms with Crippen LogP contribution < -0.4 is 10.1 Å². The van der Waals surface area contributed by atoms with Crippen LogP contribution in [0.25, 0.3) is 0 Å². The average Bonchev–Trinajstić information content (AvgIpc) is 2.66. The molecule has 0 saturated carbocycles. The zero-order valence-corrected chi connectivity index (χ0v) is 17.7. The van der Waals surface area contributed by atoms with Crippen LogP contribution in [0.4, 0.5) is 4.39 Å². The molecule has 0 saturated heterocycles. The van der Waals surface area contributed by atoms with Crippen LogP contribution in [0.3, 0.4) is 0 Å². The maximum atomic E-state index is 13.2. The Morgan fingerprint density at radius 1 is 1.03 bits per heavy atom. The predicted octanol–water partition coefficient (Wildman–Crippen LogP) is 3.71. The molecule has 1 unspecified atom stereocenters. The number of carbonyl (C=O) groups excluding carboxylic acids is 2. The molecule has 1 atom stereocenters. The van der Waals surface area contributed by atoms with Gasteiger partial charge < -0.3 is 15.0 Å². The number of nitrogens with one attached hydrogen (secondary N) is 1. The van der Waals surface area contributed by atoms with Crippen LogP contribution in [0.15, 0.2) is 48.5 Å². The minimum absolute atomic E-state index is 0.151. The quantitative estimate of drug-likeness (QED) is 0.771. The number of benzene rings is 2. The maximum Gasteiger partial charge on any atom is 0.242 e. The van der Waals surface area contributed by atoms with Crippen LogP contribution in [-0.4, -0.2) is 35.4 Å². The van der Waals surface area contributed by atoms with Crippen molar-refractivity contribution in [3.05, 3.63) is 65.5 Å². The van der Waals surface area contributed by atoms with Crippen molar-refractivity contribution in [1.82, 2.24) is 10.2 Å². The van der Waals surface area contributed by atoms with Gasteiger partial charge in [-0.1, -0.05) is 24.3 Å². The van der Waals surface area contributed by atoms with E-state index in [1.165, 1.54) is 17.0 Å². The van der Waals surface area contributed by atoms with E-state index in [1.54, 1.807) is 38.3 Å². The van der Waals surface area contributed by atoms with Crippen molar-refractivity contribution >= 4 is 11.8 Å². The van der Waals surface area contributed by atoms with Crippen molar-refractivity contribution in [2.24, 2.45) is 0 Å². The van der Waals surface area contributed by atoms with Crippen LogP contribution in [0.2, 0.25) is 0 Å². The third kappa shape index (κ3) is 6.89. The highest BCUT2D eigenvalue weighted by Crippen LogP contribution is 2.16. The van der Waals surface area contributed by atoms with E-state index in [2.05, 4.69) is 5.32 Å². The fourth-order valence-corrected chi connectivity index (χ4v) is 2.86. The lowest BCUT2D eigenvalue weighted by Crippen LogP contribution is -2.52. The van der Waals surface area contributed by atoms with Crippen molar-refractivity contribution in [1.29, 1.82) is 0 Å². The summed E-state index contributed by atoms with van der Waals surface area (Å²) in [5.41, 5.74) is 1.17. The van der Waals surface area contributed by atoms with Gasteiger partial charge in [0.05, 0.1) is 13.5 Å². The molecule has 0 aliphatic heterocycles. The van der Waals surface area contributed by atoms with E-state index in [0.29, 0.717) is 5.75 Å². The first-order chi connectivity index (χ1) is 13.6. The van der Waals surface area contributed by atoms with Crippen LogP contribution in [0, 0.1) is 5.82 Å². The summed E-state index contributed by atoms with van der Waals surface area (Å²) in [6.07, 6.45) is 0.151. The minimum atomic E-state index is -0.676. The number of methoxy groups -OCH3 is 1. The molecule has 0 aromatic heterocycles. The molecule has 2 amide bonds. The number of amides is 2. The van der Waals surface area contributed by atoms with Gasteiger partial charge in [0.25, 0.3) is 0 Å². The molecule has 6 heteroatoms. The molecule has 0 heterocycles. The van der Waals surface area contributed by atoms with Crippen molar-refractivity contribution in [2.45, 2.75) is 52.2 Å². The van der Waals surface area contributed by atoms with Gasteiger partial charge in [0.2, 0.25) is 11.8 Å². The summed E-state index contributed by atoms with van der Waals surface area (Å²) in [5.74, 6) is -0.0515. The Bertz CT molecular complexity index is 827. The van der Waals surface area contributed by atoms with Crippen molar-refractivity contribution in [3.8, 4) is 5.75 Å². The number of ether oxygens (including phenoxy) is 1. The van der Waals surface area contributed by atoms with Gasteiger partial charge >= 0.3 is 0 Å². The highest BCUT2D eigenvalue weighted by molar-refractivity contribution is 5.88. The van der Waals surface area contributed by atoms with E-state index in [4.69, 9.17) is 4.74 Å². The molecule has 2 aromatic rings. The van der Waals surface area contributed by atoms with Gasteiger partial charge in [-0.15, -0.1) is 0 Å². The zero-order chi connectivity index (χ0) is 21.6. The normalized spacial score (nSPS) is 12.2. The van der Waals surface area contributed by atoms with E-state index in [-0.39, 0.29) is 30.6 Å². The Morgan fingerprint density at radius 3 is 2.10 bits per heavy atom. The van der Waals surface area contributed by atoms with Gasteiger partial charge in [-0.3, -0.25) is 9.59 Å². The first-order valence-corrected chi connectivity index (χ1v) is 9.58. The van der Waals surface area contributed by atoms with Gasteiger partial charge in [-0.05, 0) is 63.1 Å². The second kappa shape index (κ2) is 9.54. The molecule has 0 spiro atoms. The minimum Gasteiger partial charge on any atom is -0.497 e. The summed E-state index contributed by atoms with van der Waals surface area (Å²) in [6.45, 7) is 7.59. The summed E-state index contributed by atoms with van der Waals surface area (Å²) in [4.78, 5) is 27.3. The topological polar surface area (TPSA) is 58.6 Å². The van der Waals surface area contributed by atoms with Gasteiger partial charge in [0.1, 0.15) is 17.6 Å². The second-order valence-corrected chi connectivity index (χ2v) is 8.09. The summed E-state index contributed by atoms with van der Waals surface area (Å²) in [6, 6.07) is 12.5. The molecule has 0 aliphatic carbocycles. The SMILES string of the molecule is COc1ccc(CC(=O)N(Cc2ccc(F)cc2)C(C)C(=O)NC(C)(C)C)cc1. The molecule has 2 rings (SSSR count). The van der Waals surface area contributed by atoms with Crippen LogP contribution >= 0.6 is 0 Å². The van der Waals surface area contributed by atoms with Gasteiger partial charge in [-0.2, -0.15) is 0 Å². The molecular formula is C23H29FN2O3. The lowest BCUT2D eigenvalue weighted by molar-refractivity contribution is -0.140. The van der Waals surface area contributed by atoms with Crippen molar-refractivity contribution in [3.63, 3.8) is 0 Å². The first kappa shape index (κ1) is 22.4. The van der Waals surface area contributed by atoms with E-state index in [9.17, 15) is 14.0 Å². The van der Waals surface area contributed by atoms with E-state index < -0.39 is 11.6 Å². The number of hydrogen-bond donors (Lipinski definition) is 1. The Hall–Kier alpha value is -2.89. The molecular weight excluding hydrogens is 371 g/mol. The molecule has 0 radical (unpaired) electrons. The van der Waals surface area contributed by atoms with Crippen LogP contribution in [0.1, 0.15) is 38.8 Å². The summed E-state index contributed by atoms with van der Waals surface area (Å²) < 4.78 is 18.4. The predicted molar refractivity (Wildman–Crippen MR) is 111 cm³/mol. The fraction of sp³-hybridized carbons (Fsp3) is 0.391. The van der Waals surface area contributed by atoms with Gasteiger partial charge in [-0.25, -0.2) is 4.39 Å². The van der Waals surface area contributed by atoms with E-state index in [1.807, 2.05) is 32.9 Å². The number of rotatable bonds is 7. The number of carbonyl (C=O) groups is 2. The summed E-state index contributed by atoms with van der Waals surface area (Å²) >= 11 is 0. The fourth-order valence-electron chi connectivity index (χ4n) is 2.86. The highest BCUT2D eigenvalue weighted by atomic mass is 19.1. The third-order valence-corrected chi connectivity index (χ3v) is 4.45. The smallest absolute Gasteiger partial charge is 0.242 e. The Labute approximate surface area is 171 Å². The Balaban J connectivity index is 2.22. The summed E-state index contributed by atoms with van der Waals surface area (Å²) in [7, 11) is 1.58. The average molecular weight is 400 g/mol. The van der Waals surface area contributed by atoms with E-state index >= 15 is 0 Å². The standard InChI is InChI=1S/C23H29FN2O3/c1-16(22(28)25-23(2,3)4)26(15-18-6-10-19(24)11-7-18)21(27)14-17-8-12-20(29-5)13-9-17/h6-13,16H,14-15H2,1-5H3,(H,25,28). The molecule has 0 fully saturated rings. The van der Waals surface area contributed by atoms with Crippen LogP contribution in [-0.2, 0) is 22.6 Å². The molecule has 0 aliphatic rings. The van der Waals surface area contributed by atoms with Crippen LogP contribution in [0.5, 0.6) is 5.75 Å². The zero-order valence-electron chi connectivity index (χ0n) is 17.7. The van der Waals surface area contributed by atoms with E-state index in [0.717, 1.165) is 11.1 Å². The maximum absolute atomic E-state index is 13.2. The molecule has 5 nitrogen and oxygen atoms in total. The largest absolute Gasteiger partial charge is 0.497 e. The molecule has 2 aromatic carbocycles. The second-order valence-electron chi connectivity index (χ2n) is 8.09. The monoisotopic (exact) mass is 400 g/mol. The Morgan fingerprint density at radius 2 is 1.59 bits per heavy atom. The first-order valence-electron chi connectivity index (χ1n) is 9.58. The van der Waals surface area contributed by atoms with Gasteiger partial charge in [0, 0.05) is 12.1 Å². The lowest BCUT2D eigenvalue weighted by Gasteiger charge is -2.31. The molecule has 1 N–H and O–H groups in total. The third-order valence-electron chi connectivity index (χ3n) is 4.45. The van der Waals surface area contributed by atoms with Crippen molar-refractivity contribution < 1.29 is 18.7 Å². The number of hydrogen-bond acceptors (Lipinski definition) is 3. The molecule has 0 bridgehead atoms. The van der Waals surface area contributed by atoms with Gasteiger partial charge in [0.15, 0.2) is 0 Å². The number of halogens is 1. The molecule has 29 heavy (non-hydrogen) atoms. The number of nitrogens with zero attached hydrogens (tertiary/aromatic N) is 1. The van der Waals surface area contributed by atoms with Crippen molar-refractivity contribution in [2.75, 3.05) is 7.11 Å².